The number of aromatic nitrogens is 1. The summed E-state index contributed by atoms with van der Waals surface area (Å²) < 4.78 is 2.51. The van der Waals surface area contributed by atoms with Gasteiger partial charge in [-0.25, -0.2) is 0 Å². The van der Waals surface area contributed by atoms with Crippen molar-refractivity contribution < 1.29 is 4.57 Å². The van der Waals surface area contributed by atoms with Gasteiger partial charge < -0.3 is 5.32 Å². The average Bonchev–Trinajstić information content (AvgIpc) is 2.89. The maximum absolute atomic E-state index is 6.09. The lowest BCUT2D eigenvalue weighted by atomic mass is 9.81. The number of benzene rings is 3. The summed E-state index contributed by atoms with van der Waals surface area (Å²) in [4.78, 5) is 0.914. The summed E-state index contributed by atoms with van der Waals surface area (Å²) in [6, 6.07) is 30.7. The number of hydrogen-bond donors (Lipinski definition) is 1. The quantitative estimate of drug-likeness (QED) is 0.233. The number of fused-ring (bicyclic) bond motifs is 1. The maximum atomic E-state index is 6.09. The molecule has 1 atom stereocenters. The van der Waals surface area contributed by atoms with Crippen LogP contribution < -0.4 is 9.88 Å². The average molecular weight is 478 g/mol. The molecule has 1 unspecified atom stereocenters. The van der Waals surface area contributed by atoms with Crippen molar-refractivity contribution >= 4 is 22.9 Å². The first-order valence-corrected chi connectivity index (χ1v) is 13.1. The van der Waals surface area contributed by atoms with Gasteiger partial charge in [0, 0.05) is 22.9 Å². The van der Waals surface area contributed by atoms with Gasteiger partial charge in [0.25, 0.3) is 0 Å². The van der Waals surface area contributed by atoms with Crippen molar-refractivity contribution in [3.05, 3.63) is 107 Å². The van der Waals surface area contributed by atoms with Crippen molar-refractivity contribution in [2.24, 2.45) is 0 Å². The molecule has 0 spiro atoms. The van der Waals surface area contributed by atoms with E-state index in [1.54, 1.807) is 0 Å². The van der Waals surface area contributed by atoms with Gasteiger partial charge in [0.2, 0.25) is 5.69 Å². The van der Waals surface area contributed by atoms with Crippen molar-refractivity contribution in [3.8, 4) is 22.4 Å². The van der Waals surface area contributed by atoms with Crippen LogP contribution in [0.5, 0.6) is 0 Å². The van der Waals surface area contributed by atoms with E-state index in [4.69, 9.17) is 12.2 Å². The van der Waals surface area contributed by atoms with Crippen LogP contribution in [0.2, 0.25) is 0 Å². The van der Waals surface area contributed by atoms with Crippen LogP contribution in [0, 0.1) is 13.8 Å². The summed E-state index contributed by atoms with van der Waals surface area (Å²) in [5, 5.41) is 3.58. The highest BCUT2D eigenvalue weighted by Gasteiger charge is 2.36. The number of pyridine rings is 1. The summed E-state index contributed by atoms with van der Waals surface area (Å²) in [6.07, 6.45) is 3.29. The third-order valence-corrected chi connectivity index (χ3v) is 7.52. The van der Waals surface area contributed by atoms with Crippen LogP contribution >= 0.6 is 12.2 Å². The van der Waals surface area contributed by atoms with E-state index in [0.29, 0.717) is 0 Å². The first kappa shape index (κ1) is 23.4. The molecule has 1 heterocycles. The Morgan fingerprint density at radius 1 is 0.886 bits per heavy atom. The molecule has 1 aliphatic carbocycles. The monoisotopic (exact) mass is 477 g/mol. The minimum Gasteiger partial charge on any atom is -0.349 e. The number of nitrogens with zero attached hydrogens (tertiary/aromatic N) is 1. The number of hydrogen-bond acceptors (Lipinski definition) is 1. The van der Waals surface area contributed by atoms with Crippen molar-refractivity contribution in [3.63, 3.8) is 0 Å². The normalized spacial score (nSPS) is 14.9. The van der Waals surface area contributed by atoms with Gasteiger partial charge in [0.1, 0.15) is 6.54 Å². The molecule has 176 valence electrons. The Bertz CT molecular complexity index is 1340. The van der Waals surface area contributed by atoms with Crippen LogP contribution in [0.3, 0.4) is 0 Å². The molecule has 1 N–H and O–H groups in total. The molecule has 3 aromatic carbocycles. The molecule has 0 aliphatic heterocycles. The molecule has 1 aromatic heterocycles. The summed E-state index contributed by atoms with van der Waals surface area (Å²) in [7, 11) is 0. The van der Waals surface area contributed by atoms with Gasteiger partial charge in [-0.2, -0.15) is 4.57 Å². The number of rotatable bonds is 5. The highest BCUT2D eigenvalue weighted by molar-refractivity contribution is 7.80. The predicted molar refractivity (Wildman–Crippen MR) is 151 cm³/mol. The van der Waals surface area contributed by atoms with Crippen LogP contribution in [0.4, 0.5) is 5.69 Å². The van der Waals surface area contributed by atoms with E-state index in [2.05, 4.69) is 116 Å². The Hall–Kier alpha value is -3.30. The Morgan fingerprint density at radius 2 is 1.54 bits per heavy atom. The lowest BCUT2D eigenvalue weighted by Gasteiger charge is -2.27. The zero-order valence-electron chi connectivity index (χ0n) is 20.8. The van der Waals surface area contributed by atoms with E-state index in [-0.39, 0.29) is 5.92 Å². The third kappa shape index (κ3) is 4.78. The molecule has 0 saturated heterocycles. The van der Waals surface area contributed by atoms with Crippen LogP contribution in [0.1, 0.15) is 48.1 Å². The zero-order chi connectivity index (χ0) is 24.4. The summed E-state index contributed by atoms with van der Waals surface area (Å²) in [5.74, 6) is 0.183. The SMILES string of the molecule is CC[n+]1c(-c2ccc(C)cc2)cc(-c2ccccc2)c2c1C(C(=S)Nc1ccc(C)cc1)CCC2. The molecule has 35 heavy (non-hydrogen) atoms. The van der Waals surface area contributed by atoms with Crippen molar-refractivity contribution in [2.75, 3.05) is 5.32 Å². The third-order valence-electron chi connectivity index (χ3n) is 7.13. The number of anilines is 1. The Morgan fingerprint density at radius 3 is 2.20 bits per heavy atom. The standard InChI is InChI=1S/C32H32N2S/c1-4-34-30(25-17-13-22(2)14-18-25)21-29(24-9-6-5-7-10-24)27-11-8-12-28(31(27)34)32(35)33-26-19-15-23(3)16-20-26/h5-7,9-10,13-21,28H,4,8,11-12H2,1-3H3/p+1. The fourth-order valence-corrected chi connectivity index (χ4v) is 5.66. The van der Waals surface area contributed by atoms with Crippen molar-refractivity contribution in [1.82, 2.24) is 0 Å². The summed E-state index contributed by atoms with van der Waals surface area (Å²) in [6.45, 7) is 7.42. The lowest BCUT2D eigenvalue weighted by molar-refractivity contribution is -0.691. The number of nitrogens with one attached hydrogen (secondary N) is 1. The molecular weight excluding hydrogens is 444 g/mol. The fourth-order valence-electron chi connectivity index (χ4n) is 5.31. The smallest absolute Gasteiger partial charge is 0.213 e. The molecule has 5 rings (SSSR count). The Labute approximate surface area is 214 Å². The molecule has 0 amide bonds. The lowest BCUT2D eigenvalue weighted by Crippen LogP contribution is -2.45. The highest BCUT2D eigenvalue weighted by Crippen LogP contribution is 2.39. The van der Waals surface area contributed by atoms with E-state index in [0.717, 1.165) is 36.5 Å². The minimum absolute atomic E-state index is 0.183. The largest absolute Gasteiger partial charge is 0.349 e. The molecule has 0 radical (unpaired) electrons. The number of thiocarbonyl (C=S) groups is 1. The van der Waals surface area contributed by atoms with E-state index in [1.165, 1.54) is 44.8 Å². The molecule has 2 nitrogen and oxygen atoms in total. The van der Waals surface area contributed by atoms with Crippen molar-refractivity contribution in [1.29, 1.82) is 0 Å². The molecule has 0 fully saturated rings. The van der Waals surface area contributed by atoms with E-state index < -0.39 is 0 Å². The van der Waals surface area contributed by atoms with Gasteiger partial charge in [-0.15, -0.1) is 0 Å². The predicted octanol–water partition coefficient (Wildman–Crippen LogP) is 7.80. The minimum atomic E-state index is 0.183. The Balaban J connectivity index is 1.68. The van der Waals surface area contributed by atoms with Gasteiger partial charge in [-0.05, 0) is 75.4 Å². The molecular formula is C32H33N2S+. The van der Waals surface area contributed by atoms with Crippen molar-refractivity contribution in [2.45, 2.75) is 52.5 Å². The van der Waals surface area contributed by atoms with Gasteiger partial charge in [0.15, 0.2) is 5.69 Å². The highest BCUT2D eigenvalue weighted by atomic mass is 32.1. The topological polar surface area (TPSA) is 15.9 Å². The summed E-state index contributed by atoms with van der Waals surface area (Å²) >= 11 is 6.09. The van der Waals surface area contributed by atoms with Crippen LogP contribution in [0.25, 0.3) is 22.4 Å². The van der Waals surface area contributed by atoms with Crippen LogP contribution in [-0.2, 0) is 13.0 Å². The van der Waals surface area contributed by atoms with Gasteiger partial charge in [-0.3, -0.25) is 0 Å². The van der Waals surface area contributed by atoms with Gasteiger partial charge in [-0.1, -0.05) is 77.9 Å². The first-order valence-electron chi connectivity index (χ1n) is 12.6. The molecule has 0 saturated carbocycles. The van der Waals surface area contributed by atoms with Gasteiger partial charge in [0.05, 0.1) is 10.9 Å². The molecule has 4 aromatic rings. The second-order valence-corrected chi connectivity index (χ2v) is 10.0. The van der Waals surface area contributed by atoms with Crippen LogP contribution in [-0.4, -0.2) is 4.99 Å². The summed E-state index contributed by atoms with van der Waals surface area (Å²) in [5.41, 5.74) is 11.5. The molecule has 3 heteroatoms. The van der Waals surface area contributed by atoms with Gasteiger partial charge >= 0.3 is 0 Å². The molecule has 1 aliphatic rings. The van der Waals surface area contributed by atoms with E-state index >= 15 is 0 Å². The van der Waals surface area contributed by atoms with E-state index in [9.17, 15) is 0 Å². The molecule has 0 bridgehead atoms. The van der Waals surface area contributed by atoms with E-state index in [1.807, 2.05) is 0 Å². The fraction of sp³-hybridized carbons (Fsp3) is 0.250. The second kappa shape index (κ2) is 10.1. The zero-order valence-corrected chi connectivity index (χ0v) is 21.7. The number of aryl methyl sites for hydroxylation is 2. The Kier molecular flexibility index (Phi) is 6.79. The second-order valence-electron chi connectivity index (χ2n) is 9.58. The van der Waals surface area contributed by atoms with Crippen LogP contribution in [0.15, 0.2) is 84.9 Å². The maximum Gasteiger partial charge on any atom is 0.213 e. The first-order chi connectivity index (χ1) is 17.0.